The summed E-state index contributed by atoms with van der Waals surface area (Å²) in [6, 6.07) is 0. The lowest BCUT2D eigenvalue weighted by molar-refractivity contribution is 0.203. The Hall–Kier alpha value is -1.52. The molecule has 1 aliphatic rings. The number of hydrogen-bond donors (Lipinski definition) is 1. The third kappa shape index (κ3) is 5.01. The summed E-state index contributed by atoms with van der Waals surface area (Å²) < 4.78 is 37.3. The number of alkyl halides is 1. The van der Waals surface area contributed by atoms with E-state index < -0.39 is 16.2 Å². The second-order valence-corrected chi connectivity index (χ2v) is 8.68. The Balaban J connectivity index is 0.000000197. The van der Waals surface area contributed by atoms with Crippen molar-refractivity contribution in [2.45, 2.75) is 45.2 Å². The SMILES string of the molecule is CCC(C)c1nc(Cl)c2cnc(N)nn12.CS(=O)(=O)N1CCCC(F)C1. The molecule has 1 aliphatic heterocycles. The average Bonchev–Trinajstić information content (AvgIpc) is 2.90. The number of nitrogen functional groups attached to an aromatic ring is 1. The number of halogens is 2. The van der Waals surface area contributed by atoms with Gasteiger partial charge in [0.05, 0.1) is 12.5 Å². The van der Waals surface area contributed by atoms with Crippen molar-refractivity contribution in [3.05, 3.63) is 17.2 Å². The number of hydrogen-bond acceptors (Lipinski definition) is 6. The number of nitrogens with zero attached hydrogens (tertiary/aromatic N) is 5. The number of rotatable bonds is 3. The van der Waals surface area contributed by atoms with Crippen molar-refractivity contribution >= 4 is 33.1 Å². The van der Waals surface area contributed by atoms with E-state index in [4.69, 9.17) is 17.3 Å². The Morgan fingerprint density at radius 2 is 2.19 bits per heavy atom. The molecular formula is C15H24ClFN6O2S. The van der Waals surface area contributed by atoms with Gasteiger partial charge in [0.25, 0.3) is 0 Å². The predicted molar refractivity (Wildman–Crippen MR) is 99.5 cm³/mol. The van der Waals surface area contributed by atoms with Crippen LogP contribution < -0.4 is 5.73 Å². The molecule has 0 aliphatic carbocycles. The van der Waals surface area contributed by atoms with Gasteiger partial charge < -0.3 is 5.73 Å². The van der Waals surface area contributed by atoms with E-state index in [1.807, 2.05) is 0 Å². The standard InChI is InChI=1S/C9H12ClN5.C6H12FNO2S/c1-3-5(2)8-13-7(10)6-4-12-9(11)14-15(6)8;1-11(9,10)8-4-2-3-6(7)5-8/h4-5H,3H2,1-2H3,(H2,11,14);6H,2-5H2,1H3. The van der Waals surface area contributed by atoms with Gasteiger partial charge in [-0.05, 0) is 19.3 Å². The molecule has 0 bridgehead atoms. The fourth-order valence-corrected chi connectivity index (χ4v) is 3.69. The van der Waals surface area contributed by atoms with E-state index in [0.717, 1.165) is 18.5 Å². The van der Waals surface area contributed by atoms with Crippen molar-refractivity contribution in [3.8, 4) is 0 Å². The van der Waals surface area contributed by atoms with Crippen LogP contribution >= 0.6 is 11.6 Å². The number of aromatic nitrogens is 4. The van der Waals surface area contributed by atoms with Gasteiger partial charge in [0.2, 0.25) is 16.0 Å². The summed E-state index contributed by atoms with van der Waals surface area (Å²) >= 11 is 5.98. The average molecular weight is 407 g/mol. The van der Waals surface area contributed by atoms with Gasteiger partial charge in [-0.3, -0.25) is 0 Å². The minimum absolute atomic E-state index is 0.0405. The minimum atomic E-state index is -3.17. The highest BCUT2D eigenvalue weighted by Crippen LogP contribution is 2.23. The van der Waals surface area contributed by atoms with Crippen molar-refractivity contribution in [2.75, 3.05) is 25.1 Å². The van der Waals surface area contributed by atoms with E-state index in [1.54, 1.807) is 10.7 Å². The Labute approximate surface area is 157 Å². The summed E-state index contributed by atoms with van der Waals surface area (Å²) in [6.45, 7) is 4.67. The van der Waals surface area contributed by atoms with Crippen LogP contribution in [-0.2, 0) is 10.0 Å². The first-order valence-electron chi connectivity index (χ1n) is 8.39. The van der Waals surface area contributed by atoms with E-state index in [1.165, 1.54) is 4.31 Å². The summed E-state index contributed by atoms with van der Waals surface area (Å²) in [5.74, 6) is 1.34. The maximum atomic E-state index is 12.7. The molecule has 0 amide bonds. The van der Waals surface area contributed by atoms with E-state index in [-0.39, 0.29) is 12.5 Å². The van der Waals surface area contributed by atoms with Crippen molar-refractivity contribution in [2.24, 2.45) is 0 Å². The van der Waals surface area contributed by atoms with Gasteiger partial charge in [-0.15, -0.1) is 5.10 Å². The lowest BCUT2D eigenvalue weighted by atomic mass is 10.1. The molecular weight excluding hydrogens is 383 g/mol. The Morgan fingerprint density at radius 1 is 1.50 bits per heavy atom. The third-order valence-corrected chi connectivity index (χ3v) is 5.79. The molecule has 0 aromatic carbocycles. The van der Waals surface area contributed by atoms with Crippen molar-refractivity contribution in [1.82, 2.24) is 23.9 Å². The fourth-order valence-electron chi connectivity index (χ4n) is 2.58. The normalized spacial score (nSPS) is 19.8. The smallest absolute Gasteiger partial charge is 0.238 e. The molecule has 2 unspecified atom stereocenters. The van der Waals surface area contributed by atoms with Crippen LogP contribution in [0.2, 0.25) is 5.15 Å². The zero-order chi connectivity index (χ0) is 19.5. The predicted octanol–water partition coefficient (Wildman–Crippen LogP) is 2.25. The summed E-state index contributed by atoms with van der Waals surface area (Å²) in [4.78, 5) is 8.16. The van der Waals surface area contributed by atoms with Crippen LogP contribution in [-0.4, -0.2) is 57.8 Å². The van der Waals surface area contributed by atoms with E-state index in [0.29, 0.717) is 36.0 Å². The van der Waals surface area contributed by atoms with Crippen LogP contribution in [0, 0.1) is 0 Å². The van der Waals surface area contributed by atoms with E-state index >= 15 is 0 Å². The van der Waals surface area contributed by atoms with Gasteiger partial charge in [-0.25, -0.2) is 27.3 Å². The Bertz CT molecular complexity index is 859. The molecule has 2 N–H and O–H groups in total. The lowest BCUT2D eigenvalue weighted by Gasteiger charge is -2.26. The van der Waals surface area contributed by atoms with Gasteiger partial charge in [-0.1, -0.05) is 25.4 Å². The quantitative estimate of drug-likeness (QED) is 0.837. The largest absolute Gasteiger partial charge is 0.367 e. The monoisotopic (exact) mass is 406 g/mol. The number of imidazole rings is 1. The number of fused-ring (bicyclic) bond motifs is 1. The molecule has 1 saturated heterocycles. The van der Waals surface area contributed by atoms with Gasteiger partial charge in [0.15, 0.2) is 5.15 Å². The summed E-state index contributed by atoms with van der Waals surface area (Å²) in [7, 11) is -3.17. The molecule has 11 heteroatoms. The zero-order valence-electron chi connectivity index (χ0n) is 15.1. The van der Waals surface area contributed by atoms with Gasteiger partial charge in [0, 0.05) is 19.0 Å². The first-order chi connectivity index (χ1) is 12.1. The minimum Gasteiger partial charge on any atom is -0.367 e. The molecule has 2 aromatic heterocycles. The van der Waals surface area contributed by atoms with Crippen LogP contribution in [0.1, 0.15) is 44.9 Å². The summed E-state index contributed by atoms with van der Waals surface area (Å²) in [6.07, 6.45) is 3.83. The molecule has 0 spiro atoms. The zero-order valence-corrected chi connectivity index (χ0v) is 16.6. The Morgan fingerprint density at radius 3 is 2.73 bits per heavy atom. The number of anilines is 1. The third-order valence-electron chi connectivity index (χ3n) is 4.24. The first kappa shape index (κ1) is 20.8. The van der Waals surface area contributed by atoms with Crippen molar-refractivity contribution in [1.29, 1.82) is 0 Å². The molecule has 3 heterocycles. The van der Waals surface area contributed by atoms with E-state index in [9.17, 15) is 12.8 Å². The van der Waals surface area contributed by atoms with Crippen LogP contribution in [0.5, 0.6) is 0 Å². The molecule has 2 aromatic rings. The second kappa shape index (κ2) is 8.45. The second-order valence-electron chi connectivity index (χ2n) is 6.34. The molecule has 1 fully saturated rings. The van der Waals surface area contributed by atoms with Crippen LogP contribution in [0.3, 0.4) is 0 Å². The highest BCUT2D eigenvalue weighted by molar-refractivity contribution is 7.88. The van der Waals surface area contributed by atoms with Gasteiger partial charge >= 0.3 is 0 Å². The van der Waals surface area contributed by atoms with Crippen molar-refractivity contribution < 1.29 is 12.8 Å². The topological polar surface area (TPSA) is 106 Å². The molecule has 0 saturated carbocycles. The Kier molecular flexibility index (Phi) is 6.75. The van der Waals surface area contributed by atoms with Gasteiger partial charge in [-0.2, -0.15) is 4.31 Å². The summed E-state index contributed by atoms with van der Waals surface area (Å²) in [5.41, 5.74) is 6.23. The number of nitrogens with two attached hydrogens (primary N) is 1. The maximum Gasteiger partial charge on any atom is 0.238 e. The first-order valence-corrected chi connectivity index (χ1v) is 10.6. The molecule has 146 valence electrons. The van der Waals surface area contributed by atoms with Crippen LogP contribution in [0.15, 0.2) is 6.20 Å². The van der Waals surface area contributed by atoms with E-state index in [2.05, 4.69) is 28.9 Å². The van der Waals surface area contributed by atoms with Crippen LogP contribution in [0.4, 0.5) is 10.3 Å². The number of piperidine rings is 1. The van der Waals surface area contributed by atoms with Crippen molar-refractivity contribution in [3.63, 3.8) is 0 Å². The molecule has 26 heavy (non-hydrogen) atoms. The number of sulfonamides is 1. The highest BCUT2D eigenvalue weighted by atomic mass is 35.5. The fraction of sp³-hybridized carbons (Fsp3) is 0.667. The van der Waals surface area contributed by atoms with Crippen LogP contribution in [0.25, 0.3) is 5.52 Å². The lowest BCUT2D eigenvalue weighted by Crippen LogP contribution is -2.39. The molecule has 0 radical (unpaired) electrons. The van der Waals surface area contributed by atoms with Gasteiger partial charge in [0.1, 0.15) is 17.5 Å². The molecule has 8 nitrogen and oxygen atoms in total. The summed E-state index contributed by atoms with van der Waals surface area (Å²) in [5, 5.41) is 4.52. The molecule has 3 rings (SSSR count). The maximum absolute atomic E-state index is 12.7. The molecule has 2 atom stereocenters. The highest BCUT2D eigenvalue weighted by Gasteiger charge is 2.25.